The maximum Gasteiger partial charge on any atom is 0.248 e. The first-order valence-electron chi connectivity index (χ1n) is 7.73. The van der Waals surface area contributed by atoms with Crippen molar-refractivity contribution in [2.24, 2.45) is 11.7 Å². The fraction of sp³-hybridized carbons (Fsp3) is 0.562. The molecule has 1 aromatic carbocycles. The molecule has 2 aliphatic rings. The van der Waals surface area contributed by atoms with Crippen LogP contribution in [0.3, 0.4) is 0 Å². The molecule has 1 aromatic rings. The lowest BCUT2D eigenvalue weighted by molar-refractivity contribution is 0.100. The van der Waals surface area contributed by atoms with Crippen LogP contribution < -0.4 is 16.0 Å². The van der Waals surface area contributed by atoms with E-state index in [4.69, 9.17) is 17.3 Å². The van der Waals surface area contributed by atoms with Gasteiger partial charge in [0.2, 0.25) is 5.91 Å². The second-order valence-corrected chi connectivity index (χ2v) is 6.49. The number of carbonyl (C=O) groups is 1. The lowest BCUT2D eigenvalue weighted by Gasteiger charge is -2.37. The Balaban J connectivity index is 1.75. The highest BCUT2D eigenvalue weighted by atomic mass is 35.5. The van der Waals surface area contributed by atoms with Crippen LogP contribution in [0.2, 0.25) is 5.02 Å². The molecule has 2 heterocycles. The van der Waals surface area contributed by atoms with E-state index in [0.29, 0.717) is 22.5 Å². The first kappa shape index (κ1) is 14.7. The summed E-state index contributed by atoms with van der Waals surface area (Å²) in [6.45, 7) is 3.21. The fourth-order valence-electron chi connectivity index (χ4n) is 3.59. The number of rotatable bonds is 3. The molecule has 0 spiro atoms. The number of benzene rings is 1. The number of anilines is 1. The smallest absolute Gasteiger partial charge is 0.248 e. The number of piperidine rings is 1. The number of carbonyl (C=O) groups excluding carboxylic acids is 1. The van der Waals surface area contributed by atoms with E-state index in [2.05, 4.69) is 10.2 Å². The molecule has 114 valence electrons. The van der Waals surface area contributed by atoms with Gasteiger partial charge in [0.1, 0.15) is 0 Å². The number of nitrogens with zero attached hydrogens (tertiary/aromatic N) is 1. The number of primary amides is 1. The van der Waals surface area contributed by atoms with E-state index in [9.17, 15) is 4.79 Å². The molecular formula is C16H22ClN3O. The van der Waals surface area contributed by atoms with Gasteiger partial charge in [-0.05, 0) is 56.3 Å². The Hall–Kier alpha value is -1.26. The minimum atomic E-state index is -0.435. The van der Waals surface area contributed by atoms with Gasteiger partial charge in [-0.1, -0.05) is 11.6 Å². The molecule has 1 amide bonds. The highest BCUT2D eigenvalue weighted by Crippen LogP contribution is 2.32. The summed E-state index contributed by atoms with van der Waals surface area (Å²) in [6, 6.07) is 6.02. The molecule has 4 nitrogen and oxygen atoms in total. The van der Waals surface area contributed by atoms with Gasteiger partial charge in [0.05, 0.1) is 10.7 Å². The zero-order chi connectivity index (χ0) is 14.8. The molecule has 2 fully saturated rings. The Morgan fingerprint density at radius 1 is 1.33 bits per heavy atom. The minimum Gasteiger partial charge on any atom is -0.370 e. The van der Waals surface area contributed by atoms with Crippen LogP contribution in [-0.2, 0) is 0 Å². The van der Waals surface area contributed by atoms with Crippen LogP contribution in [0.4, 0.5) is 5.69 Å². The van der Waals surface area contributed by atoms with Crippen molar-refractivity contribution in [3.63, 3.8) is 0 Å². The highest BCUT2D eigenvalue weighted by molar-refractivity contribution is 6.33. The van der Waals surface area contributed by atoms with Gasteiger partial charge in [-0.25, -0.2) is 0 Å². The van der Waals surface area contributed by atoms with Crippen LogP contribution in [0.25, 0.3) is 0 Å². The SMILES string of the molecule is NC(=O)c1ccc(N2CCCC(C3CCCN3)C2)c(Cl)c1. The predicted molar refractivity (Wildman–Crippen MR) is 85.9 cm³/mol. The number of hydrogen-bond donors (Lipinski definition) is 2. The molecule has 0 aromatic heterocycles. The van der Waals surface area contributed by atoms with E-state index in [1.54, 1.807) is 12.1 Å². The van der Waals surface area contributed by atoms with Crippen LogP contribution in [-0.4, -0.2) is 31.6 Å². The summed E-state index contributed by atoms with van der Waals surface area (Å²) in [7, 11) is 0. The van der Waals surface area contributed by atoms with Gasteiger partial charge in [0.15, 0.2) is 0 Å². The molecule has 0 aliphatic carbocycles. The van der Waals surface area contributed by atoms with Gasteiger partial charge in [-0.2, -0.15) is 0 Å². The van der Waals surface area contributed by atoms with Crippen molar-refractivity contribution in [2.45, 2.75) is 31.7 Å². The van der Waals surface area contributed by atoms with Gasteiger partial charge in [0, 0.05) is 24.7 Å². The molecule has 21 heavy (non-hydrogen) atoms. The molecule has 2 saturated heterocycles. The summed E-state index contributed by atoms with van der Waals surface area (Å²) in [5, 5.41) is 4.23. The molecular weight excluding hydrogens is 286 g/mol. The third kappa shape index (κ3) is 3.16. The van der Waals surface area contributed by atoms with Crippen molar-refractivity contribution in [3.05, 3.63) is 28.8 Å². The summed E-state index contributed by atoms with van der Waals surface area (Å²) in [5.41, 5.74) is 6.78. The van der Waals surface area contributed by atoms with Crippen LogP contribution in [0.5, 0.6) is 0 Å². The standard InChI is InChI=1S/C16H22ClN3O/c17-13-9-11(16(18)21)5-6-15(13)20-8-2-3-12(10-20)14-4-1-7-19-14/h5-6,9,12,14,19H,1-4,7-8,10H2,(H2,18,21). The molecule has 3 rings (SSSR count). The van der Waals surface area contributed by atoms with E-state index < -0.39 is 5.91 Å². The monoisotopic (exact) mass is 307 g/mol. The predicted octanol–water partition coefficient (Wildman–Crippen LogP) is 2.41. The van der Waals surface area contributed by atoms with E-state index in [1.807, 2.05) is 6.07 Å². The number of hydrogen-bond acceptors (Lipinski definition) is 3. The average Bonchev–Trinajstić information content (AvgIpc) is 3.01. The molecule has 3 N–H and O–H groups in total. The second kappa shape index (κ2) is 6.24. The van der Waals surface area contributed by atoms with E-state index in [0.717, 1.165) is 25.3 Å². The molecule has 0 radical (unpaired) electrons. The van der Waals surface area contributed by atoms with Crippen molar-refractivity contribution in [1.82, 2.24) is 5.32 Å². The summed E-state index contributed by atoms with van der Waals surface area (Å²) < 4.78 is 0. The summed E-state index contributed by atoms with van der Waals surface area (Å²) in [6.07, 6.45) is 5.05. The third-order valence-electron chi connectivity index (χ3n) is 4.70. The summed E-state index contributed by atoms with van der Waals surface area (Å²) in [4.78, 5) is 13.6. The van der Waals surface area contributed by atoms with Gasteiger partial charge >= 0.3 is 0 Å². The van der Waals surface area contributed by atoms with Crippen LogP contribution in [0.15, 0.2) is 18.2 Å². The van der Waals surface area contributed by atoms with E-state index in [-0.39, 0.29) is 0 Å². The highest BCUT2D eigenvalue weighted by Gasteiger charge is 2.29. The van der Waals surface area contributed by atoms with Crippen molar-refractivity contribution in [3.8, 4) is 0 Å². The number of nitrogens with two attached hydrogens (primary N) is 1. The fourth-order valence-corrected chi connectivity index (χ4v) is 3.89. The van der Waals surface area contributed by atoms with Crippen LogP contribution in [0.1, 0.15) is 36.0 Å². The van der Waals surface area contributed by atoms with Gasteiger partial charge in [-0.3, -0.25) is 4.79 Å². The molecule has 2 unspecified atom stereocenters. The Kier molecular flexibility index (Phi) is 4.36. The Morgan fingerprint density at radius 2 is 2.19 bits per heavy atom. The lowest BCUT2D eigenvalue weighted by atomic mass is 9.89. The molecule has 5 heteroatoms. The van der Waals surface area contributed by atoms with Gasteiger partial charge in [-0.15, -0.1) is 0 Å². The second-order valence-electron chi connectivity index (χ2n) is 6.08. The maximum absolute atomic E-state index is 11.2. The summed E-state index contributed by atoms with van der Waals surface area (Å²) >= 11 is 6.35. The summed E-state index contributed by atoms with van der Waals surface area (Å²) in [5.74, 6) is 0.253. The first-order valence-corrected chi connectivity index (χ1v) is 8.10. The number of halogens is 1. The van der Waals surface area contributed by atoms with Crippen molar-refractivity contribution in [1.29, 1.82) is 0 Å². The van der Waals surface area contributed by atoms with E-state index >= 15 is 0 Å². The van der Waals surface area contributed by atoms with Gasteiger partial charge in [0.25, 0.3) is 0 Å². The van der Waals surface area contributed by atoms with Crippen LogP contribution >= 0.6 is 11.6 Å². The Morgan fingerprint density at radius 3 is 2.86 bits per heavy atom. The lowest BCUT2D eigenvalue weighted by Crippen LogP contribution is -2.43. The van der Waals surface area contributed by atoms with Gasteiger partial charge < -0.3 is 16.0 Å². The number of amides is 1. The Bertz CT molecular complexity index is 528. The van der Waals surface area contributed by atoms with E-state index in [1.165, 1.54) is 25.7 Å². The zero-order valence-corrected chi connectivity index (χ0v) is 12.9. The minimum absolute atomic E-state index is 0.435. The maximum atomic E-state index is 11.2. The molecule has 0 saturated carbocycles. The normalized spacial score (nSPS) is 26.0. The number of nitrogens with one attached hydrogen (secondary N) is 1. The largest absolute Gasteiger partial charge is 0.370 e. The average molecular weight is 308 g/mol. The van der Waals surface area contributed by atoms with Crippen molar-refractivity contribution < 1.29 is 4.79 Å². The zero-order valence-electron chi connectivity index (χ0n) is 12.1. The quantitative estimate of drug-likeness (QED) is 0.901. The molecule has 0 bridgehead atoms. The topological polar surface area (TPSA) is 58.4 Å². The van der Waals surface area contributed by atoms with Crippen molar-refractivity contribution >= 4 is 23.2 Å². The first-order chi connectivity index (χ1) is 10.1. The van der Waals surface area contributed by atoms with Crippen molar-refractivity contribution in [2.75, 3.05) is 24.5 Å². The van der Waals surface area contributed by atoms with Crippen LogP contribution in [0, 0.1) is 5.92 Å². The Labute approximate surface area is 130 Å². The third-order valence-corrected chi connectivity index (χ3v) is 5.00. The molecule has 2 atom stereocenters. The molecule has 2 aliphatic heterocycles.